The highest BCUT2D eigenvalue weighted by molar-refractivity contribution is 5.70. The molecule has 0 bridgehead atoms. The van der Waals surface area contributed by atoms with E-state index in [2.05, 4.69) is 10.6 Å². The van der Waals surface area contributed by atoms with Gasteiger partial charge in [0.15, 0.2) is 0 Å². The third-order valence-corrected chi connectivity index (χ3v) is 0.548. The predicted octanol–water partition coefficient (Wildman–Crippen LogP) is -0.305. The summed E-state index contributed by atoms with van der Waals surface area (Å²) in [5, 5.41) is 12.7. The molecule has 1 aliphatic heterocycles. The maximum Gasteiger partial charge on any atom is 0.0547 e. The van der Waals surface area contributed by atoms with E-state index in [0.717, 1.165) is 5.17 Å². The largest absolute Gasteiger partial charge is 0.268 e. The molecular formula is C3H5N3O. The lowest BCUT2D eigenvalue weighted by atomic mass is 10.7. The summed E-state index contributed by atoms with van der Waals surface area (Å²) in [5.41, 5.74) is 2.25. The fraction of sp³-hybridized carbons (Fsp3) is 0. The minimum Gasteiger partial charge on any atom is -0.268 e. The van der Waals surface area contributed by atoms with E-state index in [1.54, 1.807) is 6.08 Å². The zero-order valence-corrected chi connectivity index (χ0v) is 3.57. The Morgan fingerprint density at radius 1 is 1.71 bits per heavy atom. The monoisotopic (exact) mass is 99.0 g/mol. The van der Waals surface area contributed by atoms with E-state index in [9.17, 15) is 0 Å². The number of nitrogens with zero attached hydrogens (tertiary/aromatic N) is 2. The molecule has 0 atom stereocenters. The van der Waals surface area contributed by atoms with Gasteiger partial charge in [-0.2, -0.15) is 15.8 Å². The van der Waals surface area contributed by atoms with Crippen molar-refractivity contribution < 1.29 is 5.21 Å². The van der Waals surface area contributed by atoms with Gasteiger partial charge in [0.1, 0.15) is 0 Å². The SMILES string of the molecule is ON1C=CC=NN1. The normalized spacial score (nSPS) is 17.0. The minimum absolute atomic E-state index is 0.764. The zero-order valence-electron chi connectivity index (χ0n) is 3.57. The number of hydrazine groups is 1. The molecule has 1 rings (SSSR count). The Hall–Kier alpha value is -1.03. The number of hydrogen-bond donors (Lipinski definition) is 2. The molecule has 7 heavy (non-hydrogen) atoms. The first kappa shape index (κ1) is 4.14. The highest BCUT2D eigenvalue weighted by atomic mass is 16.5. The number of hydrazone groups is 1. The summed E-state index contributed by atoms with van der Waals surface area (Å²) in [5.74, 6) is 0. The van der Waals surface area contributed by atoms with Crippen LogP contribution in [0, 0.1) is 0 Å². The van der Waals surface area contributed by atoms with E-state index in [1.807, 2.05) is 0 Å². The Kier molecular flexibility index (Phi) is 0.953. The zero-order chi connectivity index (χ0) is 5.11. The average molecular weight is 99.1 g/mol. The molecule has 38 valence electrons. The number of nitrogens with one attached hydrogen (secondary N) is 1. The van der Waals surface area contributed by atoms with Crippen LogP contribution in [0.15, 0.2) is 17.4 Å². The number of rotatable bonds is 0. The quantitative estimate of drug-likeness (QED) is 0.438. The van der Waals surface area contributed by atoms with Crippen LogP contribution in [-0.2, 0) is 0 Å². The van der Waals surface area contributed by atoms with Crippen molar-refractivity contribution in [3.05, 3.63) is 12.3 Å². The van der Waals surface area contributed by atoms with Crippen molar-refractivity contribution in [1.82, 2.24) is 10.7 Å². The lowest BCUT2D eigenvalue weighted by Crippen LogP contribution is -2.26. The van der Waals surface area contributed by atoms with Gasteiger partial charge in [0.2, 0.25) is 0 Å². The van der Waals surface area contributed by atoms with Crippen LogP contribution in [-0.4, -0.2) is 16.6 Å². The molecule has 0 amide bonds. The van der Waals surface area contributed by atoms with Gasteiger partial charge in [-0.25, -0.2) is 0 Å². The summed E-state index contributed by atoms with van der Waals surface area (Å²) < 4.78 is 0. The van der Waals surface area contributed by atoms with Gasteiger partial charge in [0, 0.05) is 0 Å². The molecule has 1 aliphatic rings. The molecule has 2 N–H and O–H groups in total. The molecular weight excluding hydrogens is 94.1 g/mol. The van der Waals surface area contributed by atoms with Gasteiger partial charge in [-0.15, -0.1) is 0 Å². The third kappa shape index (κ3) is 0.902. The van der Waals surface area contributed by atoms with E-state index in [-0.39, 0.29) is 0 Å². The van der Waals surface area contributed by atoms with E-state index >= 15 is 0 Å². The fourth-order valence-corrected chi connectivity index (χ4v) is 0.289. The van der Waals surface area contributed by atoms with E-state index in [1.165, 1.54) is 12.4 Å². The van der Waals surface area contributed by atoms with Crippen LogP contribution in [0.1, 0.15) is 0 Å². The molecule has 0 aromatic heterocycles. The molecule has 0 saturated heterocycles. The highest BCUT2D eigenvalue weighted by Crippen LogP contribution is 1.79. The molecule has 0 radical (unpaired) electrons. The molecule has 0 aromatic carbocycles. The molecule has 0 unspecified atom stereocenters. The minimum atomic E-state index is 0.764. The molecule has 0 aromatic rings. The van der Waals surface area contributed by atoms with Gasteiger partial charge in [-0.3, -0.25) is 5.21 Å². The summed E-state index contributed by atoms with van der Waals surface area (Å²) in [6, 6.07) is 0. The first-order valence-corrected chi connectivity index (χ1v) is 1.83. The van der Waals surface area contributed by atoms with Crippen molar-refractivity contribution in [3.8, 4) is 0 Å². The molecule has 0 spiro atoms. The summed E-state index contributed by atoms with van der Waals surface area (Å²) in [7, 11) is 0. The molecule has 1 heterocycles. The first-order valence-electron chi connectivity index (χ1n) is 1.83. The van der Waals surface area contributed by atoms with Crippen molar-refractivity contribution in [2.45, 2.75) is 0 Å². The number of hydrogen-bond acceptors (Lipinski definition) is 4. The number of hydroxylamine groups is 1. The maximum atomic E-state index is 8.43. The Labute approximate surface area is 40.7 Å². The Morgan fingerprint density at radius 3 is 2.86 bits per heavy atom. The van der Waals surface area contributed by atoms with Crippen molar-refractivity contribution in [3.63, 3.8) is 0 Å². The summed E-state index contributed by atoms with van der Waals surface area (Å²) in [4.78, 5) is 0. The Balaban J connectivity index is 2.49. The van der Waals surface area contributed by atoms with Crippen LogP contribution >= 0.6 is 0 Å². The fourth-order valence-electron chi connectivity index (χ4n) is 0.289. The van der Waals surface area contributed by atoms with Crippen LogP contribution < -0.4 is 5.53 Å². The topological polar surface area (TPSA) is 47.9 Å². The van der Waals surface area contributed by atoms with Crippen molar-refractivity contribution >= 4 is 6.21 Å². The standard InChI is InChI=1S/C3H5N3O/c7-6-3-1-2-4-5-6/h1-3,5,7H. The van der Waals surface area contributed by atoms with Crippen LogP contribution in [0.5, 0.6) is 0 Å². The first-order chi connectivity index (χ1) is 3.39. The summed E-state index contributed by atoms with van der Waals surface area (Å²) in [6.45, 7) is 0. The molecule has 4 heteroatoms. The smallest absolute Gasteiger partial charge is 0.0547 e. The lowest BCUT2D eigenvalue weighted by Gasteiger charge is -2.10. The van der Waals surface area contributed by atoms with E-state index < -0.39 is 0 Å². The second-order valence-electron chi connectivity index (χ2n) is 1.06. The van der Waals surface area contributed by atoms with Crippen molar-refractivity contribution in [2.75, 3.05) is 0 Å². The van der Waals surface area contributed by atoms with Crippen LogP contribution in [0.25, 0.3) is 0 Å². The second-order valence-corrected chi connectivity index (χ2v) is 1.06. The van der Waals surface area contributed by atoms with Crippen molar-refractivity contribution in [2.24, 2.45) is 5.10 Å². The maximum absolute atomic E-state index is 8.43. The van der Waals surface area contributed by atoms with Crippen molar-refractivity contribution in [1.29, 1.82) is 0 Å². The van der Waals surface area contributed by atoms with E-state index in [0.29, 0.717) is 0 Å². The van der Waals surface area contributed by atoms with Gasteiger partial charge >= 0.3 is 0 Å². The van der Waals surface area contributed by atoms with Crippen LogP contribution in [0.2, 0.25) is 0 Å². The Bertz CT molecular complexity index is 109. The molecule has 0 saturated carbocycles. The predicted molar refractivity (Wildman–Crippen MR) is 24.4 cm³/mol. The molecule has 4 nitrogen and oxygen atoms in total. The molecule has 0 aliphatic carbocycles. The van der Waals surface area contributed by atoms with Gasteiger partial charge in [0.05, 0.1) is 12.4 Å². The molecule has 0 fully saturated rings. The van der Waals surface area contributed by atoms with E-state index in [4.69, 9.17) is 5.21 Å². The second kappa shape index (κ2) is 1.61. The van der Waals surface area contributed by atoms with Crippen LogP contribution in [0.3, 0.4) is 0 Å². The van der Waals surface area contributed by atoms with Gasteiger partial charge in [-0.1, -0.05) is 0 Å². The van der Waals surface area contributed by atoms with Gasteiger partial charge < -0.3 is 0 Å². The van der Waals surface area contributed by atoms with Crippen LogP contribution in [0.4, 0.5) is 0 Å². The third-order valence-electron chi connectivity index (χ3n) is 0.548. The summed E-state index contributed by atoms with van der Waals surface area (Å²) >= 11 is 0. The number of allylic oxidation sites excluding steroid dienone is 1. The lowest BCUT2D eigenvalue weighted by molar-refractivity contribution is -0.0890. The van der Waals surface area contributed by atoms with Gasteiger partial charge in [0.25, 0.3) is 0 Å². The average Bonchev–Trinajstić information content (AvgIpc) is 1.69. The Morgan fingerprint density at radius 2 is 2.57 bits per heavy atom. The highest BCUT2D eigenvalue weighted by Gasteiger charge is 1.86. The van der Waals surface area contributed by atoms with Gasteiger partial charge in [-0.05, 0) is 6.08 Å². The summed E-state index contributed by atoms with van der Waals surface area (Å²) in [6.07, 6.45) is 4.58.